The lowest BCUT2D eigenvalue weighted by Crippen LogP contribution is -2.68. The first kappa shape index (κ1) is 22.5. The van der Waals surface area contributed by atoms with Crippen molar-refractivity contribution in [2.75, 3.05) is 6.61 Å². The summed E-state index contributed by atoms with van der Waals surface area (Å²) in [6.07, 6.45) is -16.4. The highest BCUT2D eigenvalue weighted by Crippen LogP contribution is 2.71. The third-order valence-electron chi connectivity index (χ3n) is 3.10. The minimum atomic E-state index is -6.71. The van der Waals surface area contributed by atoms with Crippen molar-refractivity contribution in [2.24, 2.45) is 0 Å². The number of rotatable bonds is 5. The summed E-state index contributed by atoms with van der Waals surface area (Å²) in [5.74, 6) is -5.58. The topological polar surface area (TPSA) is 9.23 Å². The average Bonchev–Trinajstić information content (AvgIpc) is 2.21. The Kier molecular flexibility index (Phi) is 6.29. The lowest BCUT2D eigenvalue weighted by molar-refractivity contribution is -0.327. The summed E-state index contributed by atoms with van der Waals surface area (Å²) in [7, 11) is -6.50. The fourth-order valence-electron chi connectivity index (χ4n) is 2.12. The molecule has 1 unspecified atom stereocenters. The number of hydrogen-bond acceptors (Lipinski definition) is 1. The van der Waals surface area contributed by atoms with E-state index in [1.807, 2.05) is 0 Å². The van der Waals surface area contributed by atoms with Gasteiger partial charge in [-0.3, -0.25) is 0 Å². The van der Waals surface area contributed by atoms with Crippen molar-refractivity contribution in [3.05, 3.63) is 11.3 Å². The maximum Gasteiger partial charge on any atom is 0.410 e. The Morgan fingerprint density at radius 2 is 1.30 bits per heavy atom. The molecule has 0 aliphatic rings. The second kappa shape index (κ2) is 6.43. The molecule has 23 heavy (non-hydrogen) atoms. The van der Waals surface area contributed by atoms with E-state index < -0.39 is 55.7 Å². The quantitative estimate of drug-likeness (QED) is 0.315. The summed E-state index contributed by atoms with van der Waals surface area (Å²) in [6.45, 7) is -0.730. The number of alkyl halides is 8. The zero-order valence-corrected chi connectivity index (χ0v) is 13.5. The molecule has 1 nitrogen and oxygen atoms in total. The molecular weight excluding hydrogens is 390 g/mol. The van der Waals surface area contributed by atoms with Gasteiger partial charge in [0.05, 0.1) is 0 Å². The normalized spacial score (nSPS) is 17.0. The fraction of sp³-hybridized carbons (Fsp3) is 0.800. The van der Waals surface area contributed by atoms with Crippen LogP contribution in [-0.4, -0.2) is 32.5 Å². The van der Waals surface area contributed by atoms with Crippen LogP contribution in [0.25, 0.3) is 0 Å². The van der Waals surface area contributed by atoms with Crippen molar-refractivity contribution in [3.8, 4) is 0 Å². The van der Waals surface area contributed by atoms with Crippen LogP contribution in [0.3, 0.4) is 0 Å². The van der Waals surface area contributed by atoms with E-state index in [0.29, 0.717) is 0 Å². The third-order valence-corrected chi connectivity index (χ3v) is 8.94. The van der Waals surface area contributed by atoms with Gasteiger partial charge in [0.2, 0.25) is 0 Å². The van der Waals surface area contributed by atoms with Crippen LogP contribution in [0.4, 0.5) is 43.9 Å². The Hall–Kier alpha value is -0.493. The molecular formula is C10H11ClF10OSi. The van der Waals surface area contributed by atoms with E-state index in [-0.39, 0.29) is 6.92 Å². The van der Waals surface area contributed by atoms with E-state index in [2.05, 4.69) is 4.43 Å². The largest absolute Gasteiger partial charge is 0.410 e. The molecule has 0 fully saturated rings. The molecule has 0 aromatic heterocycles. The Bertz CT molecular complexity index is 426. The smallest absolute Gasteiger partial charge is 0.399 e. The van der Waals surface area contributed by atoms with Crippen LogP contribution in [0.1, 0.15) is 20.8 Å². The molecule has 1 atom stereocenters. The SMILES string of the molecule is CCO[Si](Cl)(C(C)=C(F)F)C(C(C)(F)F)(C(F)(F)F)C(F)(F)F. The summed E-state index contributed by atoms with van der Waals surface area (Å²) < 4.78 is 136. The average molecular weight is 401 g/mol. The van der Waals surface area contributed by atoms with Crippen LogP contribution in [0.5, 0.6) is 0 Å². The minimum absolute atomic E-state index is 0.113. The van der Waals surface area contributed by atoms with Gasteiger partial charge >= 0.3 is 20.0 Å². The van der Waals surface area contributed by atoms with Crippen molar-refractivity contribution in [2.45, 2.75) is 44.1 Å². The lowest BCUT2D eigenvalue weighted by Gasteiger charge is -2.48. The Balaban J connectivity index is 7.21. The van der Waals surface area contributed by atoms with Gasteiger partial charge in [0.15, 0.2) is 0 Å². The summed E-state index contributed by atoms with van der Waals surface area (Å²) in [4.78, 5) is 0. The molecule has 0 heterocycles. The van der Waals surface area contributed by atoms with Gasteiger partial charge in [0, 0.05) is 18.7 Å². The van der Waals surface area contributed by atoms with E-state index in [0.717, 1.165) is 6.92 Å². The van der Waals surface area contributed by atoms with Gasteiger partial charge < -0.3 is 4.43 Å². The van der Waals surface area contributed by atoms with Crippen molar-refractivity contribution < 1.29 is 48.3 Å². The maximum absolute atomic E-state index is 13.6. The zero-order chi connectivity index (χ0) is 19.1. The van der Waals surface area contributed by atoms with Gasteiger partial charge in [0.25, 0.3) is 17.0 Å². The predicted octanol–water partition coefficient (Wildman–Crippen LogP) is 5.93. The van der Waals surface area contributed by atoms with Crippen molar-refractivity contribution in [3.63, 3.8) is 0 Å². The van der Waals surface area contributed by atoms with Crippen LogP contribution in [0, 0.1) is 0 Å². The van der Waals surface area contributed by atoms with Crippen LogP contribution < -0.4 is 0 Å². The standard InChI is InChI=1S/C10H11ClF10OSi/c1-4-22-23(11,5(2)6(12)13)8(7(3,14)15,9(16,17)18)10(19,20)21/h4H2,1-3H3. The van der Waals surface area contributed by atoms with E-state index >= 15 is 0 Å². The minimum Gasteiger partial charge on any atom is -0.399 e. The third kappa shape index (κ3) is 3.34. The number of halogens is 11. The molecule has 0 bridgehead atoms. The first-order chi connectivity index (χ1) is 9.91. The molecule has 0 N–H and O–H groups in total. The Morgan fingerprint density at radius 3 is 1.48 bits per heavy atom. The lowest BCUT2D eigenvalue weighted by atomic mass is 10.00. The Labute approximate surface area is 130 Å². The molecule has 0 aromatic carbocycles. The van der Waals surface area contributed by atoms with E-state index in [9.17, 15) is 43.9 Å². The molecule has 0 saturated heterocycles. The van der Waals surface area contributed by atoms with Gasteiger partial charge in [-0.1, -0.05) is 0 Å². The second-order valence-corrected chi connectivity index (χ2v) is 9.12. The summed E-state index contributed by atoms with van der Waals surface area (Å²) in [5, 5.41) is -7.94. The molecule has 0 aliphatic heterocycles. The van der Waals surface area contributed by atoms with Gasteiger partial charge in [-0.2, -0.15) is 35.1 Å². The molecule has 0 radical (unpaired) electrons. The van der Waals surface area contributed by atoms with Crippen molar-refractivity contribution in [1.82, 2.24) is 0 Å². The summed E-state index contributed by atoms with van der Waals surface area (Å²) >= 11 is 5.22. The first-order valence-corrected chi connectivity index (χ1v) is 8.70. The molecule has 0 amide bonds. The molecule has 0 spiro atoms. The zero-order valence-electron chi connectivity index (χ0n) is 11.8. The van der Waals surface area contributed by atoms with E-state index in [4.69, 9.17) is 11.1 Å². The van der Waals surface area contributed by atoms with Crippen molar-refractivity contribution >= 4 is 18.7 Å². The monoisotopic (exact) mass is 400 g/mol. The maximum atomic E-state index is 13.6. The van der Waals surface area contributed by atoms with Crippen LogP contribution in [-0.2, 0) is 4.43 Å². The van der Waals surface area contributed by atoms with Gasteiger partial charge in [-0.25, -0.2) is 8.78 Å². The van der Waals surface area contributed by atoms with Crippen molar-refractivity contribution in [1.29, 1.82) is 0 Å². The summed E-state index contributed by atoms with van der Waals surface area (Å²) in [5.41, 5.74) is 0. The van der Waals surface area contributed by atoms with E-state index in [1.165, 1.54) is 0 Å². The molecule has 0 aromatic rings. The van der Waals surface area contributed by atoms with Gasteiger partial charge in [0.1, 0.15) is 0 Å². The highest BCUT2D eigenvalue weighted by molar-refractivity contribution is 7.22. The predicted molar refractivity (Wildman–Crippen MR) is 63.6 cm³/mol. The van der Waals surface area contributed by atoms with E-state index in [1.54, 1.807) is 0 Å². The number of hydrogen-bond donors (Lipinski definition) is 0. The molecule has 0 aliphatic carbocycles. The molecule has 13 heteroatoms. The molecule has 138 valence electrons. The van der Waals surface area contributed by atoms with Gasteiger partial charge in [-0.15, -0.1) is 11.1 Å². The van der Waals surface area contributed by atoms with Gasteiger partial charge in [-0.05, 0) is 13.8 Å². The Morgan fingerprint density at radius 1 is 0.957 bits per heavy atom. The number of allylic oxidation sites excluding steroid dienone is 1. The van der Waals surface area contributed by atoms with Crippen LogP contribution >= 0.6 is 11.1 Å². The molecule has 0 rings (SSSR count). The summed E-state index contributed by atoms with van der Waals surface area (Å²) in [6, 6.07) is 0. The fourth-order valence-corrected chi connectivity index (χ4v) is 6.74. The van der Waals surface area contributed by atoms with Crippen LogP contribution in [0.15, 0.2) is 11.3 Å². The highest BCUT2D eigenvalue weighted by Gasteiger charge is 2.91. The highest BCUT2D eigenvalue weighted by atomic mass is 35.6. The first-order valence-electron chi connectivity index (χ1n) is 5.78. The van der Waals surface area contributed by atoms with Crippen LogP contribution in [0.2, 0.25) is 5.04 Å². The molecule has 0 saturated carbocycles. The second-order valence-electron chi connectivity index (χ2n) is 4.55.